The number of nitrogens with two attached hydrogens (primary N) is 2. The van der Waals surface area contributed by atoms with E-state index in [1.165, 1.54) is 0 Å². The van der Waals surface area contributed by atoms with E-state index in [1.807, 2.05) is 6.07 Å². The van der Waals surface area contributed by atoms with E-state index in [-0.39, 0.29) is 17.5 Å². The standard InChI is InChI=1S/C16H14N6O2/c1-16(2)12(23)8-5-3-4-7(11(8)24-16)9-6-19-14-10(20-9)13(17)21-15(18)22-14/h3-6H,1-2H3,(H4,17,18,19,21,22). The van der Waals surface area contributed by atoms with Crippen LogP contribution in [0.25, 0.3) is 22.4 Å². The second kappa shape index (κ2) is 4.60. The summed E-state index contributed by atoms with van der Waals surface area (Å²) in [5.74, 6) is 0.620. The first-order chi connectivity index (χ1) is 11.4. The van der Waals surface area contributed by atoms with Gasteiger partial charge in [0.2, 0.25) is 11.7 Å². The summed E-state index contributed by atoms with van der Waals surface area (Å²) >= 11 is 0. The molecule has 3 heterocycles. The minimum Gasteiger partial charge on any atom is -0.478 e. The lowest BCUT2D eigenvalue weighted by Crippen LogP contribution is -2.31. The third-order valence-electron chi connectivity index (χ3n) is 3.89. The first kappa shape index (κ1) is 14.3. The maximum absolute atomic E-state index is 12.4. The van der Waals surface area contributed by atoms with Crippen molar-refractivity contribution in [3.05, 3.63) is 30.0 Å². The molecule has 0 saturated heterocycles. The highest BCUT2D eigenvalue weighted by molar-refractivity contribution is 6.08. The SMILES string of the molecule is CC1(C)Oc2c(cccc2-c2cnc3nc(N)nc(N)c3n2)C1=O. The average molecular weight is 322 g/mol. The van der Waals surface area contributed by atoms with Gasteiger partial charge in [-0.3, -0.25) is 4.79 Å². The van der Waals surface area contributed by atoms with Gasteiger partial charge < -0.3 is 16.2 Å². The lowest BCUT2D eigenvalue weighted by molar-refractivity contribution is 0.0685. The van der Waals surface area contributed by atoms with Crippen molar-refractivity contribution < 1.29 is 9.53 Å². The van der Waals surface area contributed by atoms with Crippen molar-refractivity contribution >= 4 is 28.7 Å². The van der Waals surface area contributed by atoms with Crippen LogP contribution >= 0.6 is 0 Å². The molecule has 8 heteroatoms. The lowest BCUT2D eigenvalue weighted by Gasteiger charge is -2.16. The Bertz CT molecular complexity index is 1010. The minimum atomic E-state index is -0.903. The molecule has 8 nitrogen and oxygen atoms in total. The van der Waals surface area contributed by atoms with Crippen LogP contribution in [0.5, 0.6) is 5.75 Å². The molecular weight excluding hydrogens is 308 g/mol. The van der Waals surface area contributed by atoms with Crippen LogP contribution in [-0.2, 0) is 0 Å². The zero-order valence-corrected chi connectivity index (χ0v) is 13.1. The number of rotatable bonds is 1. The van der Waals surface area contributed by atoms with E-state index < -0.39 is 5.60 Å². The van der Waals surface area contributed by atoms with Crippen LogP contribution in [-0.4, -0.2) is 31.3 Å². The number of nitrogens with zero attached hydrogens (tertiary/aromatic N) is 4. The zero-order chi connectivity index (χ0) is 17.1. The Kier molecular flexibility index (Phi) is 2.75. The number of ketones is 1. The molecule has 0 unspecified atom stereocenters. The van der Waals surface area contributed by atoms with E-state index in [2.05, 4.69) is 19.9 Å². The van der Waals surface area contributed by atoms with Gasteiger partial charge in [0, 0.05) is 5.56 Å². The molecule has 0 aliphatic carbocycles. The molecule has 0 amide bonds. The summed E-state index contributed by atoms with van der Waals surface area (Å²) in [6, 6.07) is 5.34. The number of Topliss-reactive ketones (excluding diaryl/α,β-unsaturated/α-hetero) is 1. The third kappa shape index (κ3) is 1.96. The van der Waals surface area contributed by atoms with Crippen molar-refractivity contribution in [1.82, 2.24) is 19.9 Å². The number of fused-ring (bicyclic) bond motifs is 2. The Balaban J connectivity index is 1.93. The highest BCUT2D eigenvalue weighted by atomic mass is 16.5. The summed E-state index contributed by atoms with van der Waals surface area (Å²) in [5.41, 5.74) is 12.9. The average Bonchev–Trinajstić information content (AvgIpc) is 2.77. The van der Waals surface area contributed by atoms with E-state index in [4.69, 9.17) is 16.2 Å². The van der Waals surface area contributed by atoms with Gasteiger partial charge in [-0.2, -0.15) is 9.97 Å². The van der Waals surface area contributed by atoms with Crippen molar-refractivity contribution in [2.75, 3.05) is 11.5 Å². The van der Waals surface area contributed by atoms with Crippen LogP contribution in [0.15, 0.2) is 24.4 Å². The quantitative estimate of drug-likeness (QED) is 0.691. The number of carbonyl (C=O) groups is 1. The maximum Gasteiger partial charge on any atom is 0.224 e. The second-order valence-electron chi connectivity index (χ2n) is 6.02. The van der Waals surface area contributed by atoms with Gasteiger partial charge >= 0.3 is 0 Å². The molecule has 0 bridgehead atoms. The summed E-state index contributed by atoms with van der Waals surface area (Å²) in [4.78, 5) is 29.0. The molecule has 0 atom stereocenters. The highest BCUT2D eigenvalue weighted by Crippen LogP contribution is 2.41. The third-order valence-corrected chi connectivity index (χ3v) is 3.89. The summed E-state index contributed by atoms with van der Waals surface area (Å²) in [5, 5.41) is 0. The van der Waals surface area contributed by atoms with Crippen LogP contribution in [0.2, 0.25) is 0 Å². The largest absolute Gasteiger partial charge is 0.478 e. The first-order valence-electron chi connectivity index (χ1n) is 7.30. The Labute approximate surface area is 136 Å². The molecule has 0 fully saturated rings. The van der Waals surface area contributed by atoms with Crippen LogP contribution in [0.3, 0.4) is 0 Å². The van der Waals surface area contributed by atoms with Gasteiger partial charge in [-0.05, 0) is 26.0 Å². The van der Waals surface area contributed by atoms with E-state index in [0.717, 1.165) is 0 Å². The number of para-hydroxylation sites is 1. The summed E-state index contributed by atoms with van der Waals surface area (Å²) in [7, 11) is 0. The van der Waals surface area contributed by atoms with Gasteiger partial charge in [-0.25, -0.2) is 9.97 Å². The van der Waals surface area contributed by atoms with Crippen molar-refractivity contribution in [2.24, 2.45) is 0 Å². The van der Waals surface area contributed by atoms with E-state index in [1.54, 1.807) is 32.2 Å². The van der Waals surface area contributed by atoms with Crippen LogP contribution in [0.1, 0.15) is 24.2 Å². The summed E-state index contributed by atoms with van der Waals surface area (Å²) in [6.07, 6.45) is 1.54. The number of nitrogen functional groups attached to an aromatic ring is 2. The predicted molar refractivity (Wildman–Crippen MR) is 88.4 cm³/mol. The molecular formula is C16H14N6O2. The number of ether oxygens (including phenoxy) is 1. The van der Waals surface area contributed by atoms with Crippen LogP contribution in [0.4, 0.5) is 11.8 Å². The second-order valence-corrected chi connectivity index (χ2v) is 6.02. The zero-order valence-electron chi connectivity index (χ0n) is 13.1. The topological polar surface area (TPSA) is 130 Å². The van der Waals surface area contributed by atoms with E-state index >= 15 is 0 Å². The molecule has 3 aromatic rings. The molecule has 120 valence electrons. The smallest absolute Gasteiger partial charge is 0.224 e. The number of aromatic nitrogens is 4. The summed E-state index contributed by atoms with van der Waals surface area (Å²) in [6.45, 7) is 3.47. The lowest BCUT2D eigenvalue weighted by atomic mass is 9.98. The fourth-order valence-electron chi connectivity index (χ4n) is 2.73. The summed E-state index contributed by atoms with van der Waals surface area (Å²) < 4.78 is 5.85. The molecule has 0 spiro atoms. The number of benzene rings is 1. The molecule has 1 aliphatic rings. The Morgan fingerprint density at radius 2 is 1.83 bits per heavy atom. The fraction of sp³-hybridized carbons (Fsp3) is 0.188. The monoisotopic (exact) mass is 322 g/mol. The van der Waals surface area contributed by atoms with E-state index in [9.17, 15) is 4.79 Å². The van der Waals surface area contributed by atoms with Gasteiger partial charge in [0.05, 0.1) is 17.5 Å². The number of hydrogen-bond donors (Lipinski definition) is 2. The fourth-order valence-corrected chi connectivity index (χ4v) is 2.73. The van der Waals surface area contributed by atoms with Gasteiger partial charge in [-0.1, -0.05) is 6.07 Å². The molecule has 0 radical (unpaired) electrons. The Morgan fingerprint density at radius 1 is 1.08 bits per heavy atom. The Hall–Kier alpha value is -3.29. The molecule has 2 aromatic heterocycles. The Morgan fingerprint density at radius 3 is 2.62 bits per heavy atom. The molecule has 1 aromatic carbocycles. The van der Waals surface area contributed by atoms with Gasteiger partial charge in [0.1, 0.15) is 5.75 Å². The molecule has 0 saturated carbocycles. The minimum absolute atomic E-state index is 0.0401. The maximum atomic E-state index is 12.4. The number of hydrogen-bond acceptors (Lipinski definition) is 8. The molecule has 1 aliphatic heterocycles. The highest BCUT2D eigenvalue weighted by Gasteiger charge is 2.41. The number of carbonyl (C=O) groups excluding carboxylic acids is 1. The first-order valence-corrected chi connectivity index (χ1v) is 7.30. The van der Waals surface area contributed by atoms with Gasteiger partial charge in [-0.15, -0.1) is 0 Å². The number of anilines is 2. The van der Waals surface area contributed by atoms with Crippen molar-refractivity contribution in [1.29, 1.82) is 0 Å². The van der Waals surface area contributed by atoms with Crippen molar-refractivity contribution in [2.45, 2.75) is 19.4 Å². The van der Waals surface area contributed by atoms with Gasteiger partial charge in [0.15, 0.2) is 22.6 Å². The molecule has 4 N–H and O–H groups in total. The van der Waals surface area contributed by atoms with Crippen molar-refractivity contribution in [3.63, 3.8) is 0 Å². The molecule has 4 rings (SSSR count). The van der Waals surface area contributed by atoms with Crippen LogP contribution in [0, 0.1) is 0 Å². The van der Waals surface area contributed by atoms with Gasteiger partial charge in [0.25, 0.3) is 0 Å². The van der Waals surface area contributed by atoms with Crippen LogP contribution < -0.4 is 16.2 Å². The molecule has 24 heavy (non-hydrogen) atoms. The van der Waals surface area contributed by atoms with E-state index in [0.29, 0.717) is 33.7 Å². The normalized spacial score (nSPS) is 15.3. The predicted octanol–water partition coefficient (Wildman–Crippen LogP) is 1.60. The van der Waals surface area contributed by atoms with Crippen molar-refractivity contribution in [3.8, 4) is 17.0 Å².